The third-order valence-electron chi connectivity index (χ3n) is 2.18. The van der Waals surface area contributed by atoms with Crippen LogP contribution in [-0.4, -0.2) is 18.6 Å². The maximum absolute atomic E-state index is 11.9. The zero-order chi connectivity index (χ0) is 12.8. The molecule has 0 aromatic heterocycles. The van der Waals surface area contributed by atoms with Gasteiger partial charge in [-0.2, -0.15) is 0 Å². The Bertz CT molecular complexity index is 449. The van der Waals surface area contributed by atoms with E-state index in [0.717, 1.165) is 0 Å². The van der Waals surface area contributed by atoms with E-state index in [4.69, 9.17) is 16.9 Å². The van der Waals surface area contributed by atoms with Gasteiger partial charge in [0.15, 0.2) is 5.75 Å². The molecule has 0 radical (unpaired) electrons. The number of carbonyl (C=O) groups is 1. The van der Waals surface area contributed by atoms with Gasteiger partial charge in [0, 0.05) is 0 Å². The number of rotatable bonds is 4. The zero-order valence-corrected chi connectivity index (χ0v) is 9.99. The summed E-state index contributed by atoms with van der Waals surface area (Å²) in [5.41, 5.74) is 6.60. The van der Waals surface area contributed by atoms with Gasteiger partial charge in [-0.3, -0.25) is 4.79 Å². The second kappa shape index (κ2) is 5.80. The highest BCUT2D eigenvalue weighted by molar-refractivity contribution is 5.98. The number of benzene rings is 1. The highest BCUT2D eigenvalue weighted by atomic mass is 16.5. The Balaban J connectivity index is 3.01. The van der Waals surface area contributed by atoms with Crippen LogP contribution in [0.5, 0.6) is 5.75 Å². The van der Waals surface area contributed by atoms with E-state index in [9.17, 15) is 4.79 Å². The first-order valence-electron chi connectivity index (χ1n) is 5.38. The first-order chi connectivity index (χ1) is 8.10. The number of para-hydroxylation sites is 1. The van der Waals surface area contributed by atoms with Gasteiger partial charge in [0.05, 0.1) is 23.9 Å². The number of amides is 1. The van der Waals surface area contributed by atoms with Gasteiger partial charge >= 0.3 is 0 Å². The number of nitrogens with one attached hydrogen (secondary N) is 1. The Hall–Kier alpha value is -2.15. The molecule has 17 heavy (non-hydrogen) atoms. The van der Waals surface area contributed by atoms with Crippen LogP contribution in [0.3, 0.4) is 0 Å². The molecule has 0 spiro atoms. The fourth-order valence-corrected chi connectivity index (χ4v) is 1.36. The van der Waals surface area contributed by atoms with Gasteiger partial charge in [-0.15, -0.1) is 6.42 Å². The monoisotopic (exact) mass is 232 g/mol. The van der Waals surface area contributed by atoms with Crippen molar-refractivity contribution in [2.45, 2.75) is 19.9 Å². The van der Waals surface area contributed by atoms with Crippen LogP contribution in [0.2, 0.25) is 0 Å². The van der Waals surface area contributed by atoms with Crippen LogP contribution in [0.4, 0.5) is 5.69 Å². The van der Waals surface area contributed by atoms with Gasteiger partial charge in [0.2, 0.25) is 0 Å². The molecule has 0 heterocycles. The van der Waals surface area contributed by atoms with Gasteiger partial charge in [-0.25, -0.2) is 0 Å². The van der Waals surface area contributed by atoms with Crippen molar-refractivity contribution in [3.05, 3.63) is 23.8 Å². The molecule has 0 aliphatic heterocycles. The van der Waals surface area contributed by atoms with E-state index in [-0.39, 0.29) is 11.9 Å². The summed E-state index contributed by atoms with van der Waals surface area (Å²) < 4.78 is 5.37. The lowest BCUT2D eigenvalue weighted by Gasteiger charge is -2.13. The van der Waals surface area contributed by atoms with E-state index in [1.807, 2.05) is 6.92 Å². The minimum atomic E-state index is -0.335. The summed E-state index contributed by atoms with van der Waals surface area (Å²) in [6.45, 7) is 4.00. The SMILES string of the molecule is C#CC(C)NC(=O)c1cccc(N)c1OCC. The van der Waals surface area contributed by atoms with Crippen LogP contribution in [0.25, 0.3) is 0 Å². The molecule has 0 bridgehead atoms. The smallest absolute Gasteiger partial charge is 0.256 e. The molecule has 0 aliphatic rings. The van der Waals surface area contributed by atoms with Crippen LogP contribution < -0.4 is 15.8 Å². The molecule has 3 N–H and O–H groups in total. The van der Waals surface area contributed by atoms with Crippen LogP contribution in [0.1, 0.15) is 24.2 Å². The molecular weight excluding hydrogens is 216 g/mol. The quantitative estimate of drug-likeness (QED) is 0.609. The van der Waals surface area contributed by atoms with Gasteiger partial charge in [0.1, 0.15) is 0 Å². The molecule has 4 heteroatoms. The average Bonchev–Trinajstić information content (AvgIpc) is 2.31. The number of carbonyl (C=O) groups excluding carboxylic acids is 1. The summed E-state index contributed by atoms with van der Waals surface area (Å²) in [6, 6.07) is 4.71. The molecule has 0 fully saturated rings. The minimum Gasteiger partial charge on any atom is -0.491 e. The van der Waals surface area contributed by atoms with Crippen LogP contribution in [-0.2, 0) is 0 Å². The number of ether oxygens (including phenoxy) is 1. The Morgan fingerprint density at radius 1 is 1.65 bits per heavy atom. The summed E-state index contributed by atoms with van der Waals surface area (Å²) in [6.07, 6.45) is 5.20. The summed E-state index contributed by atoms with van der Waals surface area (Å²) >= 11 is 0. The van der Waals surface area contributed by atoms with Crippen LogP contribution in [0, 0.1) is 12.3 Å². The van der Waals surface area contributed by atoms with Gasteiger partial charge in [-0.05, 0) is 26.0 Å². The zero-order valence-electron chi connectivity index (χ0n) is 9.99. The molecule has 90 valence electrons. The van der Waals surface area contributed by atoms with E-state index in [0.29, 0.717) is 23.6 Å². The minimum absolute atomic E-state index is 0.286. The second-order valence-electron chi connectivity index (χ2n) is 3.52. The normalized spacial score (nSPS) is 11.4. The summed E-state index contributed by atoms with van der Waals surface area (Å²) in [5.74, 6) is 2.54. The maximum Gasteiger partial charge on any atom is 0.256 e. The highest BCUT2D eigenvalue weighted by Gasteiger charge is 2.15. The second-order valence-corrected chi connectivity index (χ2v) is 3.52. The van der Waals surface area contributed by atoms with Crippen molar-refractivity contribution >= 4 is 11.6 Å². The predicted molar refractivity (Wildman–Crippen MR) is 67.8 cm³/mol. The van der Waals surface area contributed by atoms with E-state index < -0.39 is 0 Å². The standard InChI is InChI=1S/C13H16N2O2/c1-4-9(3)15-13(16)10-7-6-8-11(14)12(10)17-5-2/h1,6-9H,5,14H2,2-3H3,(H,15,16). The van der Waals surface area contributed by atoms with Gasteiger partial charge < -0.3 is 15.8 Å². The fourth-order valence-electron chi connectivity index (χ4n) is 1.36. The van der Waals surface area contributed by atoms with Crippen molar-refractivity contribution < 1.29 is 9.53 Å². The summed E-state index contributed by atoms with van der Waals surface area (Å²) in [4.78, 5) is 11.9. The fraction of sp³-hybridized carbons (Fsp3) is 0.308. The molecule has 1 rings (SSSR count). The lowest BCUT2D eigenvalue weighted by Crippen LogP contribution is -2.31. The Labute approximate surface area is 101 Å². The molecule has 1 amide bonds. The predicted octanol–water partition coefficient (Wildman–Crippen LogP) is 1.42. The number of anilines is 1. The molecule has 4 nitrogen and oxygen atoms in total. The van der Waals surface area contributed by atoms with Crippen molar-refractivity contribution in [3.63, 3.8) is 0 Å². The number of nitrogens with two attached hydrogens (primary N) is 1. The number of terminal acetylenes is 1. The van der Waals surface area contributed by atoms with Gasteiger partial charge in [0.25, 0.3) is 5.91 Å². The van der Waals surface area contributed by atoms with Crippen molar-refractivity contribution in [2.75, 3.05) is 12.3 Å². The third-order valence-corrected chi connectivity index (χ3v) is 2.18. The Morgan fingerprint density at radius 2 is 2.35 bits per heavy atom. The molecule has 1 aromatic rings. The van der Waals surface area contributed by atoms with E-state index in [1.165, 1.54) is 0 Å². The van der Waals surface area contributed by atoms with Gasteiger partial charge in [-0.1, -0.05) is 12.0 Å². The van der Waals surface area contributed by atoms with Crippen molar-refractivity contribution in [2.24, 2.45) is 0 Å². The largest absolute Gasteiger partial charge is 0.491 e. The van der Waals surface area contributed by atoms with Crippen LogP contribution >= 0.6 is 0 Å². The summed E-state index contributed by atoms with van der Waals surface area (Å²) in [5, 5.41) is 2.66. The van der Waals surface area contributed by atoms with Crippen molar-refractivity contribution in [1.29, 1.82) is 0 Å². The summed E-state index contributed by atoms with van der Waals surface area (Å²) in [7, 11) is 0. The number of hydrogen-bond donors (Lipinski definition) is 2. The molecule has 1 unspecified atom stereocenters. The van der Waals surface area contributed by atoms with E-state index in [1.54, 1.807) is 25.1 Å². The third kappa shape index (κ3) is 3.15. The lowest BCUT2D eigenvalue weighted by molar-refractivity contribution is 0.0944. The van der Waals surface area contributed by atoms with Crippen molar-refractivity contribution in [1.82, 2.24) is 5.32 Å². The van der Waals surface area contributed by atoms with Crippen LogP contribution in [0.15, 0.2) is 18.2 Å². The Morgan fingerprint density at radius 3 is 2.94 bits per heavy atom. The van der Waals surface area contributed by atoms with E-state index in [2.05, 4.69) is 11.2 Å². The number of nitrogen functional groups attached to an aromatic ring is 1. The molecule has 0 saturated carbocycles. The molecular formula is C13H16N2O2. The number of hydrogen-bond acceptors (Lipinski definition) is 3. The first kappa shape index (κ1) is 12.9. The Kier molecular flexibility index (Phi) is 4.41. The topological polar surface area (TPSA) is 64.4 Å². The van der Waals surface area contributed by atoms with E-state index >= 15 is 0 Å². The maximum atomic E-state index is 11.9. The first-order valence-corrected chi connectivity index (χ1v) is 5.38. The lowest BCUT2D eigenvalue weighted by atomic mass is 10.1. The van der Waals surface area contributed by atoms with Crippen molar-refractivity contribution in [3.8, 4) is 18.1 Å². The molecule has 1 aromatic carbocycles. The molecule has 0 aliphatic carbocycles. The molecule has 1 atom stereocenters. The highest BCUT2D eigenvalue weighted by Crippen LogP contribution is 2.26. The molecule has 0 saturated heterocycles. The average molecular weight is 232 g/mol.